The smallest absolute Gasteiger partial charge is 0.0972 e. The van der Waals surface area contributed by atoms with Gasteiger partial charge in [-0.05, 0) is 30.2 Å². The van der Waals surface area contributed by atoms with Crippen LogP contribution in [0.1, 0.15) is 17.2 Å². The first-order chi connectivity index (χ1) is 5.65. The van der Waals surface area contributed by atoms with Gasteiger partial charge in [-0.25, -0.2) is 0 Å². The Hall–Kier alpha value is -0.790. The molecule has 0 saturated carbocycles. The number of rotatable bonds is 2. The lowest BCUT2D eigenvalue weighted by molar-refractivity contribution is 0.228. The summed E-state index contributed by atoms with van der Waals surface area (Å²) in [5.41, 5.74) is 1.84. The highest BCUT2D eigenvalue weighted by atomic mass is 35.5. The molecule has 0 fully saturated rings. The number of aliphatic hydroxyl groups is 1. The van der Waals surface area contributed by atoms with E-state index in [1.165, 1.54) is 6.08 Å². The van der Waals surface area contributed by atoms with E-state index >= 15 is 0 Å². The van der Waals surface area contributed by atoms with Crippen molar-refractivity contribution in [3.05, 3.63) is 47.0 Å². The standard InChI is InChI=1S/C10H11ClO/c1-3-10(12)9-6-8(11)5-4-7(9)2/h3-6,10,12H,1H2,2H3. The molecule has 0 spiro atoms. The van der Waals surface area contributed by atoms with Crippen LogP contribution in [0, 0.1) is 6.92 Å². The molecule has 12 heavy (non-hydrogen) atoms. The van der Waals surface area contributed by atoms with Gasteiger partial charge in [-0.1, -0.05) is 23.7 Å². The molecule has 0 amide bonds. The third-order valence-electron chi connectivity index (χ3n) is 1.78. The Labute approximate surface area is 77.3 Å². The molecule has 0 saturated heterocycles. The normalized spacial score (nSPS) is 12.6. The fraction of sp³-hybridized carbons (Fsp3) is 0.200. The maximum absolute atomic E-state index is 9.46. The van der Waals surface area contributed by atoms with Gasteiger partial charge >= 0.3 is 0 Å². The molecule has 1 atom stereocenters. The maximum Gasteiger partial charge on any atom is 0.0972 e. The molecular weight excluding hydrogens is 172 g/mol. The van der Waals surface area contributed by atoms with Crippen LogP contribution in [0.4, 0.5) is 0 Å². The molecule has 1 aromatic carbocycles. The van der Waals surface area contributed by atoms with Crippen molar-refractivity contribution in [3.63, 3.8) is 0 Å². The minimum absolute atomic E-state index is 0.622. The van der Waals surface area contributed by atoms with E-state index in [0.717, 1.165) is 11.1 Å². The lowest BCUT2D eigenvalue weighted by atomic mass is 10.0. The highest BCUT2D eigenvalue weighted by molar-refractivity contribution is 6.30. The number of aliphatic hydroxyl groups excluding tert-OH is 1. The molecule has 1 aromatic rings. The molecule has 0 aromatic heterocycles. The maximum atomic E-state index is 9.46. The first-order valence-electron chi connectivity index (χ1n) is 3.72. The average Bonchev–Trinajstić information content (AvgIpc) is 2.08. The highest BCUT2D eigenvalue weighted by Gasteiger charge is 2.05. The van der Waals surface area contributed by atoms with Crippen molar-refractivity contribution in [2.45, 2.75) is 13.0 Å². The quantitative estimate of drug-likeness (QED) is 0.698. The van der Waals surface area contributed by atoms with E-state index < -0.39 is 6.10 Å². The van der Waals surface area contributed by atoms with Gasteiger partial charge in [-0.3, -0.25) is 0 Å². The minimum Gasteiger partial charge on any atom is -0.384 e. The van der Waals surface area contributed by atoms with E-state index in [-0.39, 0.29) is 0 Å². The topological polar surface area (TPSA) is 20.2 Å². The van der Waals surface area contributed by atoms with Crippen molar-refractivity contribution in [1.29, 1.82) is 0 Å². The zero-order valence-corrected chi connectivity index (χ0v) is 7.67. The minimum atomic E-state index is -0.622. The lowest BCUT2D eigenvalue weighted by Crippen LogP contribution is -1.95. The average molecular weight is 183 g/mol. The molecule has 0 aliphatic carbocycles. The zero-order valence-electron chi connectivity index (χ0n) is 6.92. The Morgan fingerprint density at radius 1 is 1.58 bits per heavy atom. The van der Waals surface area contributed by atoms with Crippen LogP contribution in [0.3, 0.4) is 0 Å². The van der Waals surface area contributed by atoms with Gasteiger partial charge in [0.25, 0.3) is 0 Å². The van der Waals surface area contributed by atoms with Gasteiger partial charge in [0.1, 0.15) is 0 Å². The van der Waals surface area contributed by atoms with Crippen LogP contribution in [0.2, 0.25) is 5.02 Å². The molecule has 1 N–H and O–H groups in total. The SMILES string of the molecule is C=CC(O)c1cc(Cl)ccc1C. The lowest BCUT2D eigenvalue weighted by Gasteiger charge is -2.09. The Balaban J connectivity index is 3.12. The molecule has 0 aliphatic heterocycles. The van der Waals surface area contributed by atoms with E-state index in [2.05, 4.69) is 6.58 Å². The Morgan fingerprint density at radius 2 is 2.25 bits per heavy atom. The summed E-state index contributed by atoms with van der Waals surface area (Å²) in [5, 5.41) is 10.1. The van der Waals surface area contributed by atoms with Crippen LogP contribution in [0.5, 0.6) is 0 Å². The highest BCUT2D eigenvalue weighted by Crippen LogP contribution is 2.22. The summed E-state index contributed by atoms with van der Waals surface area (Å²) in [6.45, 7) is 5.44. The predicted molar refractivity (Wildman–Crippen MR) is 51.3 cm³/mol. The molecule has 0 radical (unpaired) electrons. The molecule has 1 nitrogen and oxygen atoms in total. The van der Waals surface area contributed by atoms with Crippen LogP contribution < -0.4 is 0 Å². The summed E-state index contributed by atoms with van der Waals surface area (Å²) in [7, 11) is 0. The van der Waals surface area contributed by atoms with Gasteiger partial charge < -0.3 is 5.11 Å². The number of hydrogen-bond donors (Lipinski definition) is 1. The summed E-state index contributed by atoms with van der Waals surface area (Å²) >= 11 is 5.77. The van der Waals surface area contributed by atoms with Gasteiger partial charge in [0.05, 0.1) is 6.10 Å². The number of benzene rings is 1. The van der Waals surface area contributed by atoms with E-state index in [1.54, 1.807) is 12.1 Å². The largest absolute Gasteiger partial charge is 0.384 e. The molecule has 2 heteroatoms. The van der Waals surface area contributed by atoms with Crippen molar-refractivity contribution < 1.29 is 5.11 Å². The number of hydrogen-bond acceptors (Lipinski definition) is 1. The van der Waals surface area contributed by atoms with Crippen molar-refractivity contribution in [2.24, 2.45) is 0 Å². The number of aryl methyl sites for hydroxylation is 1. The molecule has 0 bridgehead atoms. The first kappa shape index (κ1) is 9.30. The second kappa shape index (κ2) is 3.74. The molecule has 0 heterocycles. The summed E-state index contributed by atoms with van der Waals surface area (Å²) < 4.78 is 0. The van der Waals surface area contributed by atoms with E-state index in [9.17, 15) is 5.11 Å². The van der Waals surface area contributed by atoms with E-state index in [0.29, 0.717) is 5.02 Å². The van der Waals surface area contributed by atoms with Crippen LogP contribution >= 0.6 is 11.6 Å². The summed E-state index contributed by atoms with van der Waals surface area (Å²) in [6.07, 6.45) is 0.863. The van der Waals surface area contributed by atoms with Crippen LogP contribution in [-0.2, 0) is 0 Å². The van der Waals surface area contributed by atoms with Crippen molar-refractivity contribution in [1.82, 2.24) is 0 Å². The molecule has 64 valence electrons. The fourth-order valence-electron chi connectivity index (χ4n) is 1.06. The third-order valence-corrected chi connectivity index (χ3v) is 2.02. The fourth-order valence-corrected chi connectivity index (χ4v) is 1.24. The Morgan fingerprint density at radius 3 is 2.83 bits per heavy atom. The first-order valence-corrected chi connectivity index (χ1v) is 4.09. The van der Waals surface area contributed by atoms with Crippen LogP contribution in [0.15, 0.2) is 30.9 Å². The van der Waals surface area contributed by atoms with Gasteiger partial charge in [0.15, 0.2) is 0 Å². The van der Waals surface area contributed by atoms with Crippen molar-refractivity contribution in [2.75, 3.05) is 0 Å². The molecular formula is C10H11ClO. The Bertz CT molecular complexity index is 294. The van der Waals surface area contributed by atoms with E-state index in [1.807, 2.05) is 13.0 Å². The summed E-state index contributed by atoms with van der Waals surface area (Å²) in [6, 6.07) is 5.43. The second-order valence-electron chi connectivity index (χ2n) is 2.68. The van der Waals surface area contributed by atoms with Crippen molar-refractivity contribution in [3.8, 4) is 0 Å². The Kier molecular flexibility index (Phi) is 2.90. The molecule has 0 aliphatic rings. The van der Waals surface area contributed by atoms with E-state index in [4.69, 9.17) is 11.6 Å². The van der Waals surface area contributed by atoms with Gasteiger partial charge in [-0.15, -0.1) is 6.58 Å². The van der Waals surface area contributed by atoms with Crippen LogP contribution in [-0.4, -0.2) is 5.11 Å². The van der Waals surface area contributed by atoms with Gasteiger partial charge in [0.2, 0.25) is 0 Å². The number of halogens is 1. The molecule has 1 unspecified atom stereocenters. The summed E-state index contributed by atoms with van der Waals surface area (Å²) in [4.78, 5) is 0. The zero-order chi connectivity index (χ0) is 9.14. The van der Waals surface area contributed by atoms with Crippen LogP contribution in [0.25, 0.3) is 0 Å². The van der Waals surface area contributed by atoms with Gasteiger partial charge in [0, 0.05) is 5.02 Å². The van der Waals surface area contributed by atoms with Crippen molar-refractivity contribution >= 4 is 11.6 Å². The predicted octanol–water partition coefficient (Wildman–Crippen LogP) is 2.87. The van der Waals surface area contributed by atoms with Gasteiger partial charge in [-0.2, -0.15) is 0 Å². The summed E-state index contributed by atoms with van der Waals surface area (Å²) in [5.74, 6) is 0. The molecule has 1 rings (SSSR count). The second-order valence-corrected chi connectivity index (χ2v) is 3.12. The third kappa shape index (κ3) is 1.87. The monoisotopic (exact) mass is 182 g/mol.